The number of rotatable bonds is 3. The van der Waals surface area contributed by atoms with E-state index in [1.165, 1.54) is 24.8 Å². The van der Waals surface area contributed by atoms with Gasteiger partial charge in [-0.05, 0) is 50.6 Å². The lowest BCUT2D eigenvalue weighted by Gasteiger charge is -2.45. The predicted octanol–water partition coefficient (Wildman–Crippen LogP) is 2.81. The quantitative estimate of drug-likeness (QED) is 0.852. The molecule has 1 aromatic carbocycles. The number of nitrogens with zero attached hydrogens (tertiary/aromatic N) is 2. The van der Waals surface area contributed by atoms with Crippen molar-refractivity contribution in [3.8, 4) is 0 Å². The molecule has 3 nitrogen and oxygen atoms in total. The van der Waals surface area contributed by atoms with Crippen LogP contribution < -0.4 is 0 Å². The van der Waals surface area contributed by atoms with Crippen LogP contribution in [-0.4, -0.2) is 40.4 Å². The summed E-state index contributed by atoms with van der Waals surface area (Å²) in [5.41, 5.74) is 1.14. The van der Waals surface area contributed by atoms with Gasteiger partial charge in [-0.3, -0.25) is 9.69 Å². The van der Waals surface area contributed by atoms with Crippen LogP contribution in [0.5, 0.6) is 0 Å². The summed E-state index contributed by atoms with van der Waals surface area (Å²) in [5, 5.41) is 0. The summed E-state index contributed by atoms with van der Waals surface area (Å²) in [6.45, 7) is 2.98. The van der Waals surface area contributed by atoms with E-state index in [0.29, 0.717) is 11.9 Å². The average Bonchev–Trinajstić information content (AvgIpc) is 3.28. The zero-order valence-corrected chi connectivity index (χ0v) is 12.6. The fourth-order valence-electron chi connectivity index (χ4n) is 4.25. The van der Waals surface area contributed by atoms with Gasteiger partial charge in [0.25, 0.3) is 0 Å². The van der Waals surface area contributed by atoms with Gasteiger partial charge >= 0.3 is 0 Å². The third kappa shape index (κ3) is 2.28. The van der Waals surface area contributed by atoms with Crippen LogP contribution in [0.2, 0.25) is 0 Å². The molecule has 4 rings (SSSR count). The Morgan fingerprint density at radius 1 is 1.05 bits per heavy atom. The maximum absolute atomic E-state index is 13.1. The van der Waals surface area contributed by atoms with Crippen LogP contribution in [0.25, 0.3) is 0 Å². The van der Waals surface area contributed by atoms with Gasteiger partial charge in [0.1, 0.15) is 5.54 Å². The van der Waals surface area contributed by atoms with Gasteiger partial charge in [-0.2, -0.15) is 0 Å². The topological polar surface area (TPSA) is 23.6 Å². The number of hydrogen-bond donors (Lipinski definition) is 0. The molecule has 1 aliphatic carbocycles. The summed E-state index contributed by atoms with van der Waals surface area (Å²) in [4.78, 5) is 17.8. The molecule has 3 fully saturated rings. The van der Waals surface area contributed by atoms with E-state index in [1.54, 1.807) is 0 Å². The highest BCUT2D eigenvalue weighted by atomic mass is 16.2. The van der Waals surface area contributed by atoms with Crippen LogP contribution in [0.3, 0.4) is 0 Å². The van der Waals surface area contributed by atoms with E-state index >= 15 is 0 Å². The molecule has 1 unspecified atom stereocenters. The Labute approximate surface area is 126 Å². The Morgan fingerprint density at radius 3 is 2.48 bits per heavy atom. The van der Waals surface area contributed by atoms with Crippen LogP contribution in [0.4, 0.5) is 0 Å². The number of benzene rings is 1. The second kappa shape index (κ2) is 5.13. The Kier molecular flexibility index (Phi) is 3.26. The fraction of sp³-hybridized carbons (Fsp3) is 0.611. The van der Waals surface area contributed by atoms with E-state index in [1.807, 2.05) is 0 Å². The molecule has 1 saturated carbocycles. The molecule has 1 spiro atoms. The van der Waals surface area contributed by atoms with Gasteiger partial charge in [0, 0.05) is 19.1 Å². The van der Waals surface area contributed by atoms with Crippen molar-refractivity contribution in [2.45, 2.75) is 56.7 Å². The molecular formula is C18H24N2O. The van der Waals surface area contributed by atoms with Crippen molar-refractivity contribution < 1.29 is 4.79 Å². The van der Waals surface area contributed by atoms with Gasteiger partial charge in [0.05, 0.1) is 0 Å². The van der Waals surface area contributed by atoms with Crippen molar-refractivity contribution in [3.63, 3.8) is 0 Å². The van der Waals surface area contributed by atoms with Crippen molar-refractivity contribution in [3.05, 3.63) is 35.9 Å². The van der Waals surface area contributed by atoms with Crippen molar-refractivity contribution in [1.29, 1.82) is 0 Å². The summed E-state index contributed by atoms with van der Waals surface area (Å²) in [6, 6.07) is 11.2. The van der Waals surface area contributed by atoms with E-state index in [9.17, 15) is 4.79 Å². The first-order valence-electron chi connectivity index (χ1n) is 8.40. The van der Waals surface area contributed by atoms with Crippen molar-refractivity contribution in [2.75, 3.05) is 13.1 Å². The van der Waals surface area contributed by atoms with Gasteiger partial charge in [-0.1, -0.05) is 30.3 Å². The smallest absolute Gasteiger partial charge is 0.243 e. The number of likely N-dealkylation sites (tertiary alicyclic amines) is 2. The monoisotopic (exact) mass is 284 g/mol. The fourth-order valence-corrected chi connectivity index (χ4v) is 4.25. The number of carbonyl (C=O) groups excluding carboxylic acids is 1. The van der Waals surface area contributed by atoms with Crippen LogP contribution in [-0.2, 0) is 11.3 Å². The summed E-state index contributed by atoms with van der Waals surface area (Å²) in [5.74, 6) is 0.435. The molecule has 0 radical (unpaired) electrons. The third-order valence-corrected chi connectivity index (χ3v) is 5.48. The molecule has 1 amide bonds. The van der Waals surface area contributed by atoms with Gasteiger partial charge in [-0.15, -0.1) is 0 Å². The highest BCUT2D eigenvalue weighted by Crippen LogP contribution is 2.42. The lowest BCUT2D eigenvalue weighted by molar-refractivity contribution is -0.148. The van der Waals surface area contributed by atoms with Crippen molar-refractivity contribution in [1.82, 2.24) is 9.80 Å². The highest BCUT2D eigenvalue weighted by Gasteiger charge is 2.52. The molecule has 2 heterocycles. The van der Waals surface area contributed by atoms with Crippen LogP contribution in [0.1, 0.15) is 44.1 Å². The van der Waals surface area contributed by atoms with Crippen molar-refractivity contribution in [2.24, 2.45) is 0 Å². The zero-order chi connectivity index (χ0) is 14.3. The predicted molar refractivity (Wildman–Crippen MR) is 82.8 cm³/mol. The Morgan fingerprint density at radius 2 is 1.76 bits per heavy atom. The van der Waals surface area contributed by atoms with Gasteiger partial charge in [0.15, 0.2) is 0 Å². The molecule has 2 aliphatic heterocycles. The Bertz CT molecular complexity index is 525. The number of hydrogen-bond acceptors (Lipinski definition) is 2. The molecular weight excluding hydrogens is 260 g/mol. The van der Waals surface area contributed by atoms with Crippen LogP contribution >= 0.6 is 0 Å². The standard InChI is InChI=1S/C18H24N2O/c21-17-18(11-5-13-20(17)16-8-9-16)10-4-12-19(18)14-15-6-2-1-3-7-15/h1-3,6-7,16H,4-5,8-14H2. The first-order chi connectivity index (χ1) is 10.3. The number of amides is 1. The largest absolute Gasteiger partial charge is 0.338 e. The third-order valence-electron chi connectivity index (χ3n) is 5.48. The molecule has 1 atom stereocenters. The van der Waals surface area contributed by atoms with E-state index < -0.39 is 0 Å². The summed E-state index contributed by atoms with van der Waals surface area (Å²) in [6.07, 6.45) is 6.90. The Balaban J connectivity index is 1.57. The van der Waals surface area contributed by atoms with Gasteiger partial charge in [0.2, 0.25) is 5.91 Å². The molecule has 2 saturated heterocycles. The lowest BCUT2D eigenvalue weighted by atomic mass is 9.85. The molecule has 0 N–H and O–H groups in total. The SMILES string of the molecule is O=C1N(C2CC2)CCCC12CCCN2Cc1ccccc1. The minimum atomic E-state index is -0.184. The summed E-state index contributed by atoms with van der Waals surface area (Å²) < 4.78 is 0. The van der Waals surface area contributed by atoms with E-state index in [0.717, 1.165) is 38.9 Å². The minimum Gasteiger partial charge on any atom is -0.338 e. The van der Waals surface area contributed by atoms with Crippen LogP contribution in [0, 0.1) is 0 Å². The van der Waals surface area contributed by atoms with E-state index in [-0.39, 0.29) is 5.54 Å². The number of carbonyl (C=O) groups is 1. The average molecular weight is 284 g/mol. The van der Waals surface area contributed by atoms with Gasteiger partial charge < -0.3 is 4.90 Å². The zero-order valence-electron chi connectivity index (χ0n) is 12.6. The second-order valence-electron chi connectivity index (χ2n) is 6.88. The summed E-state index contributed by atoms with van der Waals surface area (Å²) >= 11 is 0. The second-order valence-corrected chi connectivity index (χ2v) is 6.88. The highest BCUT2D eigenvalue weighted by molar-refractivity contribution is 5.88. The van der Waals surface area contributed by atoms with E-state index in [2.05, 4.69) is 40.1 Å². The Hall–Kier alpha value is -1.35. The van der Waals surface area contributed by atoms with Crippen molar-refractivity contribution >= 4 is 5.91 Å². The number of piperidine rings is 1. The first kappa shape index (κ1) is 13.3. The summed E-state index contributed by atoms with van der Waals surface area (Å²) in [7, 11) is 0. The molecule has 3 heteroatoms. The molecule has 0 bridgehead atoms. The molecule has 21 heavy (non-hydrogen) atoms. The normalized spacial score (nSPS) is 30.3. The molecule has 0 aromatic heterocycles. The molecule has 1 aromatic rings. The molecule has 112 valence electrons. The molecule has 3 aliphatic rings. The first-order valence-corrected chi connectivity index (χ1v) is 8.40. The van der Waals surface area contributed by atoms with E-state index in [4.69, 9.17) is 0 Å². The van der Waals surface area contributed by atoms with Gasteiger partial charge in [-0.25, -0.2) is 0 Å². The van der Waals surface area contributed by atoms with Crippen LogP contribution in [0.15, 0.2) is 30.3 Å². The maximum Gasteiger partial charge on any atom is 0.243 e. The minimum absolute atomic E-state index is 0.184. The maximum atomic E-state index is 13.1. The lowest BCUT2D eigenvalue weighted by Crippen LogP contribution is -2.60.